The number of benzene rings is 1. The van der Waals surface area contributed by atoms with Gasteiger partial charge in [-0.05, 0) is 78.0 Å². The minimum atomic E-state index is -0.854. The fraction of sp³-hybridized carbons (Fsp3) is 0.514. The predicted molar refractivity (Wildman–Crippen MR) is 180 cm³/mol. The van der Waals surface area contributed by atoms with Crippen LogP contribution in [0.5, 0.6) is 0 Å². The Hall–Kier alpha value is -4.52. The van der Waals surface area contributed by atoms with Crippen LogP contribution in [0.1, 0.15) is 84.9 Å². The lowest BCUT2D eigenvalue weighted by molar-refractivity contribution is 0.00588. The molecule has 48 heavy (non-hydrogen) atoms. The van der Waals surface area contributed by atoms with E-state index in [0.717, 1.165) is 0 Å². The van der Waals surface area contributed by atoms with Gasteiger partial charge in [-0.3, -0.25) is 20.5 Å². The second-order valence-corrected chi connectivity index (χ2v) is 14.2. The molecule has 13 heteroatoms. The molecule has 3 amide bonds. The number of ether oxygens (including phenoxy) is 4. The van der Waals surface area contributed by atoms with Crippen LogP contribution in [0, 0.1) is 12.7 Å². The van der Waals surface area contributed by atoms with Gasteiger partial charge in [-0.2, -0.15) is 0 Å². The molecule has 1 aromatic carbocycles. The molecule has 2 aliphatic rings. The number of nitrogens with one attached hydrogen (secondary N) is 2. The lowest BCUT2D eigenvalue weighted by Gasteiger charge is -2.35. The molecule has 12 nitrogen and oxygen atoms in total. The molecule has 5 rings (SSSR count). The van der Waals surface area contributed by atoms with Crippen molar-refractivity contribution in [2.75, 3.05) is 35.3 Å². The molecule has 258 valence electrons. The van der Waals surface area contributed by atoms with Crippen molar-refractivity contribution in [2.24, 2.45) is 0 Å². The SMILES string of the molecule is Cc1c(-c2cc3cc(NC(=O)OC4CCOCC4)ncc3c(NC(=O)OC(C)(C)C)c2F)cnc2c1N(C(=O)OC(C)(C)C)CCC2C. The normalized spacial score (nSPS) is 17.0. The largest absolute Gasteiger partial charge is 0.446 e. The van der Waals surface area contributed by atoms with Crippen LogP contribution in [0.4, 0.5) is 36.0 Å². The predicted octanol–water partition coefficient (Wildman–Crippen LogP) is 8.07. The minimum Gasteiger partial charge on any atom is -0.446 e. The average molecular weight is 666 g/mol. The Balaban J connectivity index is 1.60. The quantitative estimate of drug-likeness (QED) is 0.265. The Morgan fingerprint density at radius 2 is 1.60 bits per heavy atom. The molecule has 1 saturated heterocycles. The van der Waals surface area contributed by atoms with E-state index in [1.807, 2.05) is 13.8 Å². The van der Waals surface area contributed by atoms with Gasteiger partial charge >= 0.3 is 18.3 Å². The molecule has 0 spiro atoms. The summed E-state index contributed by atoms with van der Waals surface area (Å²) in [5.41, 5.74) is 0.702. The number of amides is 3. The third kappa shape index (κ3) is 7.95. The molecule has 1 unspecified atom stereocenters. The van der Waals surface area contributed by atoms with Crippen molar-refractivity contribution >= 4 is 46.2 Å². The number of fused-ring (bicyclic) bond motifs is 2. The number of carbonyl (C=O) groups excluding carboxylic acids is 3. The van der Waals surface area contributed by atoms with Gasteiger partial charge in [0.1, 0.15) is 23.1 Å². The fourth-order valence-corrected chi connectivity index (χ4v) is 5.80. The highest BCUT2D eigenvalue weighted by Gasteiger charge is 2.34. The van der Waals surface area contributed by atoms with E-state index in [2.05, 4.69) is 15.6 Å². The molecule has 2 aromatic heterocycles. The smallest absolute Gasteiger partial charge is 0.414 e. The number of pyridine rings is 2. The van der Waals surface area contributed by atoms with Crippen molar-refractivity contribution in [3.8, 4) is 11.1 Å². The zero-order chi connectivity index (χ0) is 35.0. The molecular formula is C35H44FN5O7. The summed E-state index contributed by atoms with van der Waals surface area (Å²) in [4.78, 5) is 49.5. The summed E-state index contributed by atoms with van der Waals surface area (Å²) in [6.07, 6.45) is 2.51. The lowest BCUT2D eigenvalue weighted by atomic mass is 9.90. The van der Waals surface area contributed by atoms with Crippen LogP contribution in [0.2, 0.25) is 0 Å². The monoisotopic (exact) mass is 665 g/mol. The van der Waals surface area contributed by atoms with Gasteiger partial charge in [0.25, 0.3) is 0 Å². The summed E-state index contributed by atoms with van der Waals surface area (Å²) >= 11 is 0. The van der Waals surface area contributed by atoms with Crippen molar-refractivity contribution in [2.45, 2.75) is 97.9 Å². The number of nitrogens with zero attached hydrogens (tertiary/aromatic N) is 3. The summed E-state index contributed by atoms with van der Waals surface area (Å²) < 4.78 is 38.7. The number of aromatic nitrogens is 2. The molecular weight excluding hydrogens is 621 g/mol. The highest BCUT2D eigenvalue weighted by atomic mass is 19.1. The highest BCUT2D eigenvalue weighted by Crippen LogP contribution is 2.43. The summed E-state index contributed by atoms with van der Waals surface area (Å²) in [6.45, 7) is 15.8. The lowest BCUT2D eigenvalue weighted by Crippen LogP contribution is -2.41. The van der Waals surface area contributed by atoms with Gasteiger partial charge in [-0.15, -0.1) is 0 Å². The number of hydrogen-bond acceptors (Lipinski definition) is 9. The fourth-order valence-electron chi connectivity index (χ4n) is 5.80. The van der Waals surface area contributed by atoms with Crippen LogP contribution >= 0.6 is 0 Å². The molecule has 0 aliphatic carbocycles. The molecule has 2 aliphatic heterocycles. The van der Waals surface area contributed by atoms with Crippen molar-refractivity contribution in [3.05, 3.63) is 41.6 Å². The molecule has 1 fully saturated rings. The Morgan fingerprint density at radius 1 is 0.917 bits per heavy atom. The summed E-state index contributed by atoms with van der Waals surface area (Å²) in [5, 5.41) is 5.96. The first-order valence-electron chi connectivity index (χ1n) is 16.2. The average Bonchev–Trinajstić information content (AvgIpc) is 2.98. The molecule has 0 bridgehead atoms. The third-order valence-corrected chi connectivity index (χ3v) is 8.02. The molecule has 3 aromatic rings. The van der Waals surface area contributed by atoms with Gasteiger partial charge in [-0.25, -0.2) is 23.8 Å². The summed E-state index contributed by atoms with van der Waals surface area (Å²) in [7, 11) is 0. The van der Waals surface area contributed by atoms with Crippen molar-refractivity contribution in [3.63, 3.8) is 0 Å². The second-order valence-electron chi connectivity index (χ2n) is 14.2. The summed E-state index contributed by atoms with van der Waals surface area (Å²) in [5.74, 6) is -0.518. The molecule has 0 radical (unpaired) electrons. The number of rotatable bonds is 4. The number of hydrogen-bond donors (Lipinski definition) is 2. The molecule has 4 heterocycles. The number of carbonyl (C=O) groups is 3. The Labute approximate surface area is 279 Å². The first kappa shape index (κ1) is 34.8. The Kier molecular flexibility index (Phi) is 9.82. The molecule has 0 saturated carbocycles. The first-order valence-corrected chi connectivity index (χ1v) is 16.2. The maximum atomic E-state index is 16.7. The number of halogens is 1. The van der Waals surface area contributed by atoms with E-state index in [1.165, 1.54) is 6.20 Å². The van der Waals surface area contributed by atoms with E-state index in [9.17, 15) is 14.4 Å². The zero-order valence-electron chi connectivity index (χ0n) is 28.8. The van der Waals surface area contributed by atoms with Crippen LogP contribution in [-0.4, -0.2) is 65.3 Å². The summed E-state index contributed by atoms with van der Waals surface area (Å²) in [6, 6.07) is 3.17. The van der Waals surface area contributed by atoms with Crippen LogP contribution in [-0.2, 0) is 18.9 Å². The zero-order valence-corrected chi connectivity index (χ0v) is 28.8. The maximum Gasteiger partial charge on any atom is 0.414 e. The van der Waals surface area contributed by atoms with Crippen LogP contribution in [0.3, 0.4) is 0 Å². The first-order chi connectivity index (χ1) is 22.5. The van der Waals surface area contributed by atoms with Crippen LogP contribution < -0.4 is 15.5 Å². The van der Waals surface area contributed by atoms with Crippen LogP contribution in [0.15, 0.2) is 24.5 Å². The van der Waals surface area contributed by atoms with Gasteiger partial charge in [-0.1, -0.05) is 6.92 Å². The van der Waals surface area contributed by atoms with E-state index in [1.54, 1.807) is 64.8 Å². The van der Waals surface area contributed by atoms with E-state index in [-0.39, 0.29) is 34.5 Å². The van der Waals surface area contributed by atoms with Crippen molar-refractivity contribution in [1.29, 1.82) is 0 Å². The minimum absolute atomic E-state index is 0.0536. The van der Waals surface area contributed by atoms with Gasteiger partial charge in [0.15, 0.2) is 5.82 Å². The Bertz CT molecular complexity index is 1730. The van der Waals surface area contributed by atoms with E-state index in [4.69, 9.17) is 23.9 Å². The van der Waals surface area contributed by atoms with E-state index in [0.29, 0.717) is 66.9 Å². The highest BCUT2D eigenvalue weighted by molar-refractivity contribution is 6.04. The van der Waals surface area contributed by atoms with E-state index >= 15 is 4.39 Å². The van der Waals surface area contributed by atoms with Gasteiger partial charge in [0.05, 0.1) is 30.3 Å². The van der Waals surface area contributed by atoms with Crippen LogP contribution in [0.25, 0.3) is 21.9 Å². The van der Waals surface area contributed by atoms with Crippen molar-refractivity contribution in [1.82, 2.24) is 9.97 Å². The van der Waals surface area contributed by atoms with Gasteiger partial charge in [0, 0.05) is 54.2 Å². The van der Waals surface area contributed by atoms with E-state index < -0.39 is 35.3 Å². The maximum absolute atomic E-state index is 16.7. The third-order valence-electron chi connectivity index (χ3n) is 8.02. The second kappa shape index (κ2) is 13.5. The Morgan fingerprint density at radius 3 is 2.27 bits per heavy atom. The topological polar surface area (TPSA) is 141 Å². The van der Waals surface area contributed by atoms with Gasteiger partial charge < -0.3 is 18.9 Å². The number of anilines is 3. The molecule has 2 N–H and O–H groups in total. The standard InChI is InChI=1S/C35H44FN5O7/c1-19-9-12-41(33(44)48-35(6,7)8)30-20(2)24(17-38-28(19)30)23-15-21-16-26(39-31(42)46-22-10-13-45-14-11-22)37-18-25(21)29(27(23)36)40-32(43)47-34(3,4)5/h15-19,22H,9-14H2,1-8H3,(H,40,43)(H,37,39,42). The molecule has 1 atom stereocenters. The van der Waals surface area contributed by atoms with Crippen molar-refractivity contribution < 1.29 is 37.7 Å². The van der Waals surface area contributed by atoms with Gasteiger partial charge in [0.2, 0.25) is 0 Å².